The lowest BCUT2D eigenvalue weighted by Gasteiger charge is -2.28. The Hall–Kier alpha value is -4.53. The second-order valence-electron chi connectivity index (χ2n) is 7.47. The fourth-order valence-corrected chi connectivity index (χ4v) is 3.80. The monoisotopic (exact) mass is 439 g/mol. The van der Waals surface area contributed by atoms with Crippen LogP contribution in [0.25, 0.3) is 11.4 Å². The Bertz CT molecular complexity index is 1320. The number of nitrogens with one attached hydrogen (secondary N) is 2. The van der Waals surface area contributed by atoms with Gasteiger partial charge in [0.1, 0.15) is 11.8 Å². The van der Waals surface area contributed by atoms with Crippen molar-refractivity contribution in [1.29, 1.82) is 0 Å². The number of aromatic nitrogens is 5. The van der Waals surface area contributed by atoms with Gasteiger partial charge in [-0.2, -0.15) is 4.98 Å². The minimum Gasteiger partial charge on any atom is -0.497 e. The van der Waals surface area contributed by atoms with Gasteiger partial charge in [0.2, 0.25) is 5.95 Å². The predicted molar refractivity (Wildman–Crippen MR) is 124 cm³/mol. The lowest BCUT2D eigenvalue weighted by molar-refractivity contribution is -0.113. The van der Waals surface area contributed by atoms with Crippen molar-refractivity contribution in [2.45, 2.75) is 13.0 Å². The van der Waals surface area contributed by atoms with Crippen molar-refractivity contribution in [3.63, 3.8) is 0 Å². The molecule has 164 valence electrons. The van der Waals surface area contributed by atoms with Crippen molar-refractivity contribution >= 4 is 17.5 Å². The summed E-state index contributed by atoms with van der Waals surface area (Å²) in [5.41, 5.74) is 3.55. The predicted octanol–water partition coefficient (Wildman–Crippen LogP) is 3.67. The molecule has 4 heterocycles. The van der Waals surface area contributed by atoms with Gasteiger partial charge in [0.05, 0.1) is 24.6 Å². The summed E-state index contributed by atoms with van der Waals surface area (Å²) in [5, 5.41) is 10.9. The fraction of sp³-hybridized carbons (Fsp3) is 0.125. The summed E-state index contributed by atoms with van der Waals surface area (Å²) in [6, 6.07) is 14.3. The van der Waals surface area contributed by atoms with E-state index in [0.717, 1.165) is 16.9 Å². The molecule has 0 spiro atoms. The molecule has 0 bridgehead atoms. The van der Waals surface area contributed by atoms with Crippen LogP contribution in [0.1, 0.15) is 18.5 Å². The van der Waals surface area contributed by atoms with Crippen molar-refractivity contribution in [3.8, 4) is 17.1 Å². The van der Waals surface area contributed by atoms with E-state index in [1.165, 1.54) is 0 Å². The summed E-state index contributed by atoms with van der Waals surface area (Å²) in [7, 11) is 1.62. The van der Waals surface area contributed by atoms with E-state index in [4.69, 9.17) is 9.84 Å². The molecule has 1 aliphatic heterocycles. The van der Waals surface area contributed by atoms with E-state index in [1.54, 1.807) is 48.7 Å². The largest absolute Gasteiger partial charge is 0.497 e. The van der Waals surface area contributed by atoms with E-state index in [0.29, 0.717) is 28.7 Å². The standard InChI is InChI=1S/C24H21N7O2/c1-15-20(23(32)28-18-4-3-11-26-14-18)21(16-9-12-25-13-10-16)31-24(27-15)29-22(30-31)17-5-7-19(33-2)8-6-17/h3-14,21H,1-2H3,(H,28,32)(H,27,29,30)/t21-/m1/s1. The van der Waals surface area contributed by atoms with Gasteiger partial charge in [-0.15, -0.1) is 5.10 Å². The van der Waals surface area contributed by atoms with Crippen molar-refractivity contribution in [2.24, 2.45) is 0 Å². The van der Waals surface area contributed by atoms with E-state index >= 15 is 0 Å². The molecule has 5 rings (SSSR count). The van der Waals surface area contributed by atoms with Crippen LogP contribution in [0.3, 0.4) is 0 Å². The van der Waals surface area contributed by atoms with Crippen LogP contribution >= 0.6 is 0 Å². The molecule has 1 aliphatic rings. The Kier molecular flexibility index (Phi) is 5.27. The average Bonchev–Trinajstić information content (AvgIpc) is 3.28. The maximum absolute atomic E-state index is 13.4. The lowest BCUT2D eigenvalue weighted by atomic mass is 9.96. The molecule has 0 fully saturated rings. The van der Waals surface area contributed by atoms with Crippen molar-refractivity contribution < 1.29 is 9.53 Å². The third kappa shape index (κ3) is 3.91. The van der Waals surface area contributed by atoms with Crippen LogP contribution < -0.4 is 15.4 Å². The van der Waals surface area contributed by atoms with Gasteiger partial charge >= 0.3 is 0 Å². The minimum absolute atomic E-state index is 0.248. The van der Waals surface area contributed by atoms with Gasteiger partial charge in [-0.3, -0.25) is 14.8 Å². The number of carbonyl (C=O) groups is 1. The maximum Gasteiger partial charge on any atom is 0.255 e. The van der Waals surface area contributed by atoms with Gasteiger partial charge in [-0.25, -0.2) is 4.68 Å². The summed E-state index contributed by atoms with van der Waals surface area (Å²) in [6.07, 6.45) is 6.66. The number of allylic oxidation sites excluding steroid dienone is 1. The van der Waals surface area contributed by atoms with E-state index in [9.17, 15) is 4.79 Å². The first-order valence-corrected chi connectivity index (χ1v) is 10.3. The molecule has 33 heavy (non-hydrogen) atoms. The van der Waals surface area contributed by atoms with Crippen molar-refractivity contribution in [2.75, 3.05) is 17.7 Å². The second-order valence-corrected chi connectivity index (χ2v) is 7.47. The fourth-order valence-electron chi connectivity index (χ4n) is 3.80. The number of carbonyl (C=O) groups excluding carboxylic acids is 1. The Morgan fingerprint density at radius 3 is 2.55 bits per heavy atom. The number of ether oxygens (including phenoxy) is 1. The number of rotatable bonds is 5. The number of amides is 1. The number of methoxy groups -OCH3 is 1. The average molecular weight is 439 g/mol. The molecule has 2 N–H and O–H groups in total. The van der Waals surface area contributed by atoms with E-state index < -0.39 is 6.04 Å². The number of fused-ring (bicyclic) bond motifs is 1. The highest BCUT2D eigenvalue weighted by atomic mass is 16.5. The number of hydrogen-bond acceptors (Lipinski definition) is 7. The highest BCUT2D eigenvalue weighted by Gasteiger charge is 2.34. The van der Waals surface area contributed by atoms with Gasteiger partial charge in [-0.1, -0.05) is 0 Å². The molecule has 9 nitrogen and oxygen atoms in total. The summed E-state index contributed by atoms with van der Waals surface area (Å²) in [5.74, 6) is 1.60. The van der Waals surface area contributed by atoms with Crippen molar-refractivity contribution in [1.82, 2.24) is 24.7 Å². The van der Waals surface area contributed by atoms with Crippen LogP contribution in [0.2, 0.25) is 0 Å². The lowest BCUT2D eigenvalue weighted by Crippen LogP contribution is -2.31. The summed E-state index contributed by atoms with van der Waals surface area (Å²) < 4.78 is 6.98. The molecule has 4 aromatic rings. The highest BCUT2D eigenvalue weighted by molar-refractivity contribution is 6.05. The Labute approximate surface area is 190 Å². The Balaban J connectivity index is 1.57. The molecule has 0 radical (unpaired) electrons. The number of pyridine rings is 2. The number of benzene rings is 1. The SMILES string of the molecule is COc1ccc(-c2nc3n(n2)[C@H](c2ccncc2)C(C(=O)Nc2cccnc2)=C(C)N3)cc1. The van der Waals surface area contributed by atoms with Gasteiger partial charge in [0, 0.05) is 29.9 Å². The molecular formula is C24H21N7O2. The van der Waals surface area contributed by atoms with Crippen LogP contribution in [-0.2, 0) is 4.79 Å². The smallest absolute Gasteiger partial charge is 0.255 e. The number of anilines is 2. The first-order chi connectivity index (χ1) is 16.1. The Morgan fingerprint density at radius 1 is 1.06 bits per heavy atom. The molecule has 3 aromatic heterocycles. The quantitative estimate of drug-likeness (QED) is 0.489. The molecule has 1 atom stereocenters. The molecule has 1 aromatic carbocycles. The molecule has 0 saturated heterocycles. The zero-order valence-electron chi connectivity index (χ0n) is 18.1. The molecule has 0 aliphatic carbocycles. The van der Waals surface area contributed by atoms with Crippen LogP contribution in [0.5, 0.6) is 5.75 Å². The molecular weight excluding hydrogens is 418 g/mol. The van der Waals surface area contributed by atoms with Crippen LogP contribution in [0.15, 0.2) is 84.6 Å². The zero-order valence-corrected chi connectivity index (χ0v) is 18.1. The topological polar surface area (TPSA) is 107 Å². The maximum atomic E-state index is 13.4. The van der Waals surface area contributed by atoms with Gasteiger partial charge in [0.15, 0.2) is 5.82 Å². The normalized spacial score (nSPS) is 14.9. The molecule has 0 saturated carbocycles. The molecule has 0 unspecified atom stereocenters. The summed E-state index contributed by atoms with van der Waals surface area (Å²) in [6.45, 7) is 1.86. The number of nitrogens with zero attached hydrogens (tertiary/aromatic N) is 5. The van der Waals surface area contributed by atoms with Crippen LogP contribution in [0, 0.1) is 0 Å². The highest BCUT2D eigenvalue weighted by Crippen LogP contribution is 2.36. The second kappa shape index (κ2) is 8.54. The third-order valence-corrected chi connectivity index (χ3v) is 5.39. The van der Waals surface area contributed by atoms with Crippen LogP contribution in [0.4, 0.5) is 11.6 Å². The summed E-state index contributed by atoms with van der Waals surface area (Å²) >= 11 is 0. The first kappa shape index (κ1) is 20.4. The van der Waals surface area contributed by atoms with Crippen LogP contribution in [-0.4, -0.2) is 37.7 Å². The number of hydrogen-bond donors (Lipinski definition) is 2. The van der Waals surface area contributed by atoms with Gasteiger partial charge < -0.3 is 15.4 Å². The molecule has 9 heteroatoms. The Morgan fingerprint density at radius 2 is 1.85 bits per heavy atom. The first-order valence-electron chi connectivity index (χ1n) is 10.3. The zero-order chi connectivity index (χ0) is 22.8. The van der Waals surface area contributed by atoms with Gasteiger partial charge in [-0.05, 0) is 61.0 Å². The van der Waals surface area contributed by atoms with Gasteiger partial charge in [0.25, 0.3) is 5.91 Å². The van der Waals surface area contributed by atoms with E-state index in [2.05, 4.69) is 25.6 Å². The minimum atomic E-state index is -0.486. The van der Waals surface area contributed by atoms with Crippen molar-refractivity contribution in [3.05, 3.63) is 90.2 Å². The third-order valence-electron chi connectivity index (χ3n) is 5.39. The van der Waals surface area contributed by atoms with E-state index in [1.807, 2.05) is 43.3 Å². The van der Waals surface area contributed by atoms with E-state index in [-0.39, 0.29) is 5.91 Å². The summed E-state index contributed by atoms with van der Waals surface area (Å²) in [4.78, 5) is 26.3. The molecule has 1 amide bonds.